The normalized spacial score (nSPS) is 11.7. The molecule has 4 rings (SSSR count). The standard InChI is InChI=1S/C29H30ClN3O5S/c1-6-26(27(34)31-19-10-7-17(2)22(30)13-19)39-29-32-23-15-25(38-5)24(37-4)14-21(23)28(35)33(29)16-18-8-11-20(36-3)12-9-18/h7-15,26H,6,16H2,1-5H3,(H,31,34)/t26-/m1/s1. The number of carbonyl (C=O) groups excluding carboxylic acids is 1. The van der Waals surface area contributed by atoms with Gasteiger partial charge in [0.25, 0.3) is 5.56 Å². The number of hydrogen-bond donors (Lipinski definition) is 1. The number of fused-ring (bicyclic) bond motifs is 1. The fourth-order valence-corrected chi connectivity index (χ4v) is 5.21. The van der Waals surface area contributed by atoms with Gasteiger partial charge in [-0.05, 0) is 54.8 Å². The Bertz CT molecular complexity index is 1560. The molecule has 1 heterocycles. The van der Waals surface area contributed by atoms with Gasteiger partial charge in [-0.15, -0.1) is 0 Å². The van der Waals surface area contributed by atoms with Crippen molar-refractivity contribution < 1.29 is 19.0 Å². The minimum absolute atomic E-state index is 0.208. The van der Waals surface area contributed by atoms with E-state index in [4.69, 9.17) is 30.8 Å². The summed E-state index contributed by atoms with van der Waals surface area (Å²) >= 11 is 7.48. The maximum atomic E-state index is 13.8. The molecule has 1 atom stereocenters. The zero-order chi connectivity index (χ0) is 28.1. The molecule has 4 aromatic rings. The van der Waals surface area contributed by atoms with Crippen LogP contribution in [0.1, 0.15) is 24.5 Å². The van der Waals surface area contributed by atoms with Crippen LogP contribution < -0.4 is 25.1 Å². The summed E-state index contributed by atoms with van der Waals surface area (Å²) in [4.78, 5) is 31.9. The fraction of sp³-hybridized carbons (Fsp3) is 0.276. The topological polar surface area (TPSA) is 91.7 Å². The van der Waals surface area contributed by atoms with Gasteiger partial charge in [0.1, 0.15) is 5.75 Å². The molecule has 0 bridgehead atoms. The molecule has 0 spiro atoms. The molecule has 0 unspecified atom stereocenters. The first-order valence-electron chi connectivity index (χ1n) is 12.3. The minimum atomic E-state index is -0.517. The quantitative estimate of drug-likeness (QED) is 0.187. The van der Waals surface area contributed by atoms with E-state index in [1.165, 1.54) is 26.0 Å². The van der Waals surface area contributed by atoms with E-state index in [0.717, 1.165) is 11.1 Å². The van der Waals surface area contributed by atoms with Crippen LogP contribution in [0.4, 0.5) is 5.69 Å². The summed E-state index contributed by atoms with van der Waals surface area (Å²) < 4.78 is 17.7. The molecule has 1 amide bonds. The molecule has 8 nitrogen and oxygen atoms in total. The van der Waals surface area contributed by atoms with Crippen LogP contribution >= 0.6 is 23.4 Å². The van der Waals surface area contributed by atoms with Crippen molar-refractivity contribution >= 4 is 45.9 Å². The summed E-state index contributed by atoms with van der Waals surface area (Å²) in [5, 5.41) is 3.80. The fourth-order valence-electron chi connectivity index (χ4n) is 4.01. The van der Waals surface area contributed by atoms with Gasteiger partial charge >= 0.3 is 0 Å². The molecule has 0 aliphatic heterocycles. The number of methoxy groups -OCH3 is 3. The molecule has 0 fully saturated rings. The number of halogens is 1. The van der Waals surface area contributed by atoms with Crippen molar-refractivity contribution in [3.63, 3.8) is 0 Å². The summed E-state index contributed by atoms with van der Waals surface area (Å²) in [6, 6.07) is 16.2. The molecular weight excluding hydrogens is 538 g/mol. The number of amides is 1. The zero-order valence-corrected chi connectivity index (χ0v) is 24.0. The monoisotopic (exact) mass is 567 g/mol. The number of carbonyl (C=O) groups is 1. The van der Waals surface area contributed by atoms with Gasteiger partial charge in [0.15, 0.2) is 16.7 Å². The van der Waals surface area contributed by atoms with Crippen molar-refractivity contribution in [2.75, 3.05) is 26.6 Å². The van der Waals surface area contributed by atoms with E-state index in [2.05, 4.69) is 5.32 Å². The lowest BCUT2D eigenvalue weighted by molar-refractivity contribution is -0.115. The van der Waals surface area contributed by atoms with E-state index >= 15 is 0 Å². The Kier molecular flexibility index (Phi) is 9.04. The number of aromatic nitrogens is 2. The van der Waals surface area contributed by atoms with E-state index in [0.29, 0.717) is 50.4 Å². The number of ether oxygens (including phenoxy) is 3. The Morgan fingerprint density at radius 1 is 1.03 bits per heavy atom. The molecule has 0 saturated carbocycles. The molecule has 0 radical (unpaired) electrons. The number of benzene rings is 3. The van der Waals surface area contributed by atoms with Crippen molar-refractivity contribution in [1.29, 1.82) is 0 Å². The number of aryl methyl sites for hydroxylation is 1. The summed E-state index contributed by atoms with van der Waals surface area (Å²) in [5.74, 6) is 1.40. The van der Waals surface area contributed by atoms with Crippen molar-refractivity contribution in [2.45, 2.75) is 37.2 Å². The molecule has 1 N–H and O–H groups in total. The maximum absolute atomic E-state index is 13.8. The molecule has 0 aliphatic rings. The summed E-state index contributed by atoms with van der Waals surface area (Å²) in [5.41, 5.74) is 2.61. The lowest BCUT2D eigenvalue weighted by Gasteiger charge is -2.19. The second-order valence-corrected chi connectivity index (χ2v) is 10.4. The number of nitrogens with one attached hydrogen (secondary N) is 1. The maximum Gasteiger partial charge on any atom is 0.262 e. The molecular formula is C29H30ClN3O5S. The minimum Gasteiger partial charge on any atom is -0.497 e. The second kappa shape index (κ2) is 12.4. The van der Waals surface area contributed by atoms with Crippen LogP contribution in [-0.2, 0) is 11.3 Å². The first-order chi connectivity index (χ1) is 18.8. The van der Waals surface area contributed by atoms with Gasteiger partial charge in [-0.3, -0.25) is 14.2 Å². The van der Waals surface area contributed by atoms with E-state index in [-0.39, 0.29) is 18.0 Å². The number of rotatable bonds is 10. The van der Waals surface area contributed by atoms with Gasteiger partial charge in [-0.2, -0.15) is 0 Å². The molecule has 10 heteroatoms. The third kappa shape index (κ3) is 6.32. The SMILES string of the molecule is CC[C@@H](Sc1nc2cc(OC)c(OC)cc2c(=O)n1Cc1ccc(OC)cc1)C(=O)Nc1ccc(C)c(Cl)c1. The smallest absolute Gasteiger partial charge is 0.262 e. The average molecular weight is 568 g/mol. The zero-order valence-electron chi connectivity index (χ0n) is 22.4. The van der Waals surface area contributed by atoms with Crippen molar-refractivity contribution in [3.8, 4) is 17.2 Å². The van der Waals surface area contributed by atoms with Gasteiger partial charge in [0, 0.05) is 16.8 Å². The van der Waals surface area contributed by atoms with Crippen LogP contribution in [0, 0.1) is 6.92 Å². The Balaban J connectivity index is 1.76. The predicted octanol–water partition coefficient (Wildman–Crippen LogP) is 5.94. The Morgan fingerprint density at radius 2 is 1.72 bits per heavy atom. The number of anilines is 1. The number of thioether (sulfide) groups is 1. The van der Waals surface area contributed by atoms with E-state index < -0.39 is 5.25 Å². The van der Waals surface area contributed by atoms with Gasteiger partial charge in [-0.1, -0.05) is 48.5 Å². The van der Waals surface area contributed by atoms with Crippen LogP contribution in [-0.4, -0.2) is 42.0 Å². The highest BCUT2D eigenvalue weighted by atomic mass is 35.5. The second-order valence-electron chi connectivity index (χ2n) is 8.83. The van der Waals surface area contributed by atoms with Crippen molar-refractivity contribution in [3.05, 3.63) is 81.1 Å². The molecule has 204 valence electrons. The van der Waals surface area contributed by atoms with E-state index in [9.17, 15) is 9.59 Å². The lowest BCUT2D eigenvalue weighted by atomic mass is 10.2. The number of nitrogens with zero attached hydrogens (tertiary/aromatic N) is 2. The first kappa shape index (κ1) is 28.3. The Labute approximate surface area is 236 Å². The molecule has 1 aromatic heterocycles. The lowest BCUT2D eigenvalue weighted by Crippen LogP contribution is -2.28. The van der Waals surface area contributed by atoms with Crippen molar-refractivity contribution in [2.24, 2.45) is 0 Å². The highest BCUT2D eigenvalue weighted by molar-refractivity contribution is 8.00. The largest absolute Gasteiger partial charge is 0.497 e. The third-order valence-corrected chi connectivity index (χ3v) is 8.04. The van der Waals surface area contributed by atoms with Crippen LogP contribution in [0.15, 0.2) is 64.5 Å². The van der Waals surface area contributed by atoms with E-state index in [1.54, 1.807) is 29.9 Å². The average Bonchev–Trinajstić information content (AvgIpc) is 2.95. The first-order valence-corrected chi connectivity index (χ1v) is 13.6. The van der Waals surface area contributed by atoms with E-state index in [1.807, 2.05) is 50.2 Å². The van der Waals surface area contributed by atoms with Gasteiger partial charge in [0.2, 0.25) is 5.91 Å². The number of hydrogen-bond acceptors (Lipinski definition) is 7. The van der Waals surface area contributed by atoms with Gasteiger partial charge in [-0.25, -0.2) is 4.98 Å². The van der Waals surface area contributed by atoms with Crippen LogP contribution in [0.25, 0.3) is 10.9 Å². The van der Waals surface area contributed by atoms with Crippen LogP contribution in [0.3, 0.4) is 0 Å². The highest BCUT2D eigenvalue weighted by Gasteiger charge is 2.23. The summed E-state index contributed by atoms with van der Waals surface area (Å²) in [6.07, 6.45) is 0.512. The Hall–Kier alpha value is -3.69. The molecule has 3 aromatic carbocycles. The predicted molar refractivity (Wildman–Crippen MR) is 156 cm³/mol. The highest BCUT2D eigenvalue weighted by Crippen LogP contribution is 2.33. The summed E-state index contributed by atoms with van der Waals surface area (Å²) in [7, 11) is 4.64. The van der Waals surface area contributed by atoms with Crippen LogP contribution in [0.2, 0.25) is 5.02 Å². The molecule has 0 aliphatic carbocycles. The summed E-state index contributed by atoms with van der Waals surface area (Å²) in [6.45, 7) is 4.07. The third-order valence-electron chi connectivity index (χ3n) is 6.27. The molecule has 0 saturated heterocycles. The van der Waals surface area contributed by atoms with Crippen molar-refractivity contribution in [1.82, 2.24) is 9.55 Å². The van der Waals surface area contributed by atoms with Gasteiger partial charge < -0.3 is 19.5 Å². The van der Waals surface area contributed by atoms with Crippen LogP contribution in [0.5, 0.6) is 17.2 Å². The van der Waals surface area contributed by atoms with Gasteiger partial charge in [0.05, 0.1) is 44.0 Å². The Morgan fingerprint density at radius 3 is 2.33 bits per heavy atom. The molecule has 39 heavy (non-hydrogen) atoms.